The van der Waals surface area contributed by atoms with E-state index < -0.39 is 0 Å². The molecule has 2 aromatic rings. The summed E-state index contributed by atoms with van der Waals surface area (Å²) in [7, 11) is 0. The van der Waals surface area contributed by atoms with Crippen LogP contribution in [0.25, 0.3) is 10.8 Å². The van der Waals surface area contributed by atoms with Crippen LogP contribution in [0.3, 0.4) is 0 Å². The highest BCUT2D eigenvalue weighted by Gasteiger charge is 2.36. The van der Waals surface area contributed by atoms with Crippen LogP contribution in [0.5, 0.6) is 0 Å². The number of hydrogen-bond donors (Lipinski definition) is 2. The monoisotopic (exact) mass is 337 g/mol. The highest BCUT2D eigenvalue weighted by Crippen LogP contribution is 2.31. The number of nitrogens with one attached hydrogen (secondary N) is 2. The van der Waals surface area contributed by atoms with Crippen molar-refractivity contribution in [2.75, 3.05) is 24.5 Å². The van der Waals surface area contributed by atoms with E-state index in [4.69, 9.17) is 0 Å². The number of carbonyl (C=O) groups is 2. The Kier molecular flexibility index (Phi) is 4.40. The molecule has 2 aliphatic heterocycles. The van der Waals surface area contributed by atoms with Crippen LogP contribution in [-0.2, 0) is 9.59 Å². The van der Waals surface area contributed by atoms with E-state index in [1.54, 1.807) is 4.90 Å². The summed E-state index contributed by atoms with van der Waals surface area (Å²) in [4.78, 5) is 26.9. The Morgan fingerprint density at radius 1 is 1.16 bits per heavy atom. The van der Waals surface area contributed by atoms with Crippen LogP contribution in [0.15, 0.2) is 42.5 Å². The quantitative estimate of drug-likeness (QED) is 0.901. The van der Waals surface area contributed by atoms with E-state index in [1.807, 2.05) is 42.5 Å². The molecular weight excluding hydrogens is 314 g/mol. The third-order valence-electron chi connectivity index (χ3n) is 5.20. The van der Waals surface area contributed by atoms with Crippen molar-refractivity contribution in [2.45, 2.75) is 25.3 Å². The molecule has 2 fully saturated rings. The molecule has 5 heteroatoms. The van der Waals surface area contributed by atoms with E-state index in [1.165, 1.54) is 0 Å². The van der Waals surface area contributed by atoms with Crippen molar-refractivity contribution >= 4 is 28.3 Å². The number of nitrogens with zero attached hydrogens (tertiary/aromatic N) is 1. The first-order valence-electron chi connectivity index (χ1n) is 9.01. The van der Waals surface area contributed by atoms with Gasteiger partial charge in [-0.1, -0.05) is 36.4 Å². The largest absolute Gasteiger partial charge is 0.352 e. The van der Waals surface area contributed by atoms with Crippen LogP contribution >= 0.6 is 0 Å². The van der Waals surface area contributed by atoms with Gasteiger partial charge in [-0.05, 0) is 30.8 Å². The van der Waals surface area contributed by atoms with Crippen molar-refractivity contribution in [3.05, 3.63) is 42.5 Å². The van der Waals surface area contributed by atoms with Crippen LogP contribution in [0.1, 0.15) is 19.3 Å². The Hall–Kier alpha value is -2.40. The molecule has 2 unspecified atom stereocenters. The van der Waals surface area contributed by atoms with E-state index in [2.05, 4.69) is 10.6 Å². The molecule has 0 saturated carbocycles. The number of amides is 2. The van der Waals surface area contributed by atoms with Crippen molar-refractivity contribution in [3.8, 4) is 0 Å². The van der Waals surface area contributed by atoms with Gasteiger partial charge in [0.2, 0.25) is 11.8 Å². The summed E-state index contributed by atoms with van der Waals surface area (Å²) in [6.45, 7) is 2.29. The third-order valence-corrected chi connectivity index (χ3v) is 5.20. The van der Waals surface area contributed by atoms with Gasteiger partial charge in [0.15, 0.2) is 0 Å². The van der Waals surface area contributed by atoms with E-state index in [0.717, 1.165) is 42.4 Å². The first kappa shape index (κ1) is 16.1. The van der Waals surface area contributed by atoms with Gasteiger partial charge in [0, 0.05) is 30.9 Å². The highest BCUT2D eigenvalue weighted by atomic mass is 16.2. The second kappa shape index (κ2) is 6.84. The summed E-state index contributed by atoms with van der Waals surface area (Å²) < 4.78 is 0. The fourth-order valence-corrected chi connectivity index (χ4v) is 3.85. The first-order chi connectivity index (χ1) is 12.2. The molecule has 2 heterocycles. The smallest absolute Gasteiger partial charge is 0.227 e. The lowest BCUT2D eigenvalue weighted by Crippen LogP contribution is -2.47. The van der Waals surface area contributed by atoms with Crippen molar-refractivity contribution in [2.24, 2.45) is 5.92 Å². The topological polar surface area (TPSA) is 61.4 Å². The fraction of sp³-hybridized carbons (Fsp3) is 0.400. The summed E-state index contributed by atoms with van der Waals surface area (Å²) >= 11 is 0. The molecule has 2 aromatic carbocycles. The maximum absolute atomic E-state index is 12.6. The number of carbonyl (C=O) groups excluding carboxylic acids is 2. The van der Waals surface area contributed by atoms with E-state index in [-0.39, 0.29) is 30.2 Å². The molecule has 0 radical (unpaired) electrons. The van der Waals surface area contributed by atoms with Crippen molar-refractivity contribution in [1.29, 1.82) is 0 Å². The van der Waals surface area contributed by atoms with E-state index in [0.29, 0.717) is 6.54 Å². The maximum Gasteiger partial charge on any atom is 0.227 e. The molecule has 0 aliphatic carbocycles. The van der Waals surface area contributed by atoms with Crippen LogP contribution in [-0.4, -0.2) is 37.5 Å². The normalized spacial score (nSPS) is 23.8. The Bertz CT molecular complexity index is 793. The van der Waals surface area contributed by atoms with Gasteiger partial charge in [0.05, 0.1) is 11.6 Å². The van der Waals surface area contributed by atoms with Crippen LogP contribution in [0, 0.1) is 5.92 Å². The van der Waals surface area contributed by atoms with Gasteiger partial charge < -0.3 is 15.5 Å². The number of benzene rings is 2. The Morgan fingerprint density at radius 3 is 2.84 bits per heavy atom. The molecule has 2 aliphatic rings. The maximum atomic E-state index is 12.6. The van der Waals surface area contributed by atoms with Gasteiger partial charge in [-0.25, -0.2) is 0 Å². The molecule has 25 heavy (non-hydrogen) atoms. The predicted molar refractivity (Wildman–Crippen MR) is 98.4 cm³/mol. The number of hydrogen-bond acceptors (Lipinski definition) is 3. The number of piperidine rings is 1. The zero-order valence-corrected chi connectivity index (χ0v) is 14.2. The van der Waals surface area contributed by atoms with Gasteiger partial charge in [0.1, 0.15) is 0 Å². The zero-order valence-electron chi connectivity index (χ0n) is 14.2. The molecule has 2 amide bonds. The lowest BCUT2D eigenvalue weighted by Gasteiger charge is -2.25. The predicted octanol–water partition coefficient (Wildman–Crippen LogP) is 2.06. The Morgan fingerprint density at radius 2 is 2.00 bits per heavy atom. The minimum absolute atomic E-state index is 0.00443. The molecule has 2 atom stereocenters. The van der Waals surface area contributed by atoms with Crippen LogP contribution in [0.4, 0.5) is 5.69 Å². The standard InChI is InChI=1S/C20H23N3O2/c24-19-11-15(20(25)22-16-7-4-10-21-12-16)13-23(19)18-9-3-6-14-5-1-2-8-17(14)18/h1-3,5-6,8-9,15-16,21H,4,7,10-13H2,(H,22,25). The van der Waals surface area contributed by atoms with Gasteiger partial charge in [-0.2, -0.15) is 0 Å². The summed E-state index contributed by atoms with van der Waals surface area (Å²) in [5.41, 5.74) is 0.901. The summed E-state index contributed by atoms with van der Waals surface area (Å²) in [6, 6.07) is 14.2. The first-order valence-corrected chi connectivity index (χ1v) is 9.01. The van der Waals surface area contributed by atoms with Crippen LogP contribution < -0.4 is 15.5 Å². The lowest BCUT2D eigenvalue weighted by atomic mass is 10.0. The van der Waals surface area contributed by atoms with E-state index in [9.17, 15) is 9.59 Å². The molecule has 0 bridgehead atoms. The minimum atomic E-state index is -0.270. The molecular formula is C20H23N3O2. The molecule has 4 rings (SSSR count). The highest BCUT2D eigenvalue weighted by molar-refractivity contribution is 6.07. The number of anilines is 1. The Labute approximate surface area is 147 Å². The summed E-state index contributed by atoms with van der Waals surface area (Å²) in [6.07, 6.45) is 2.37. The minimum Gasteiger partial charge on any atom is -0.352 e. The second-order valence-electron chi connectivity index (χ2n) is 6.96. The van der Waals surface area contributed by atoms with Gasteiger partial charge in [-0.3, -0.25) is 9.59 Å². The summed E-state index contributed by atoms with van der Waals surface area (Å²) in [5.74, 6) is -0.239. The van der Waals surface area contributed by atoms with Gasteiger partial charge in [0.25, 0.3) is 0 Å². The summed E-state index contributed by atoms with van der Waals surface area (Å²) in [5, 5.41) is 8.57. The second-order valence-corrected chi connectivity index (χ2v) is 6.96. The number of fused-ring (bicyclic) bond motifs is 1. The van der Waals surface area contributed by atoms with Crippen molar-refractivity contribution in [3.63, 3.8) is 0 Å². The van der Waals surface area contributed by atoms with Crippen LogP contribution in [0.2, 0.25) is 0 Å². The SMILES string of the molecule is O=C(NC1CCCNC1)C1CC(=O)N(c2cccc3ccccc23)C1. The average molecular weight is 337 g/mol. The van der Waals surface area contributed by atoms with Gasteiger partial charge >= 0.3 is 0 Å². The molecule has 0 aromatic heterocycles. The molecule has 0 spiro atoms. The number of rotatable bonds is 3. The lowest BCUT2D eigenvalue weighted by molar-refractivity contribution is -0.127. The molecule has 5 nitrogen and oxygen atoms in total. The zero-order chi connectivity index (χ0) is 17.2. The van der Waals surface area contributed by atoms with E-state index >= 15 is 0 Å². The Balaban J connectivity index is 1.51. The van der Waals surface area contributed by atoms with Crippen molar-refractivity contribution in [1.82, 2.24) is 10.6 Å². The molecule has 130 valence electrons. The third kappa shape index (κ3) is 3.24. The van der Waals surface area contributed by atoms with Crippen molar-refractivity contribution < 1.29 is 9.59 Å². The fourth-order valence-electron chi connectivity index (χ4n) is 3.85. The molecule has 2 N–H and O–H groups in total. The van der Waals surface area contributed by atoms with Gasteiger partial charge in [-0.15, -0.1) is 0 Å². The molecule has 2 saturated heterocycles. The average Bonchev–Trinajstić information content (AvgIpc) is 3.04.